The lowest BCUT2D eigenvalue weighted by atomic mass is 9.76. The quantitative estimate of drug-likeness (QED) is 0.683. The SMILES string of the molecule is COC(=O)C1CCC=C(C)C(=O)C2CC(C)(C)CC12. The van der Waals surface area contributed by atoms with Crippen LogP contribution in [0.15, 0.2) is 11.6 Å². The van der Waals surface area contributed by atoms with Crippen molar-refractivity contribution in [3.63, 3.8) is 0 Å². The van der Waals surface area contributed by atoms with Gasteiger partial charge in [0.25, 0.3) is 0 Å². The van der Waals surface area contributed by atoms with Crippen molar-refractivity contribution in [1.29, 1.82) is 0 Å². The first-order valence-electron chi connectivity index (χ1n) is 7.14. The van der Waals surface area contributed by atoms with Crippen LogP contribution in [0, 0.1) is 23.2 Å². The zero-order valence-electron chi connectivity index (χ0n) is 12.4. The van der Waals surface area contributed by atoms with Gasteiger partial charge in [-0.05, 0) is 49.5 Å². The molecule has 3 nitrogen and oxygen atoms in total. The van der Waals surface area contributed by atoms with Crippen LogP contribution in [-0.4, -0.2) is 18.9 Å². The van der Waals surface area contributed by atoms with Crippen LogP contribution in [0.2, 0.25) is 0 Å². The molecular weight excluding hydrogens is 240 g/mol. The van der Waals surface area contributed by atoms with Crippen molar-refractivity contribution < 1.29 is 14.3 Å². The Morgan fingerprint density at radius 2 is 2.05 bits per heavy atom. The Bertz CT molecular complexity index is 420. The molecule has 0 heterocycles. The second-order valence-electron chi connectivity index (χ2n) is 6.80. The molecule has 106 valence electrons. The molecule has 1 fully saturated rings. The number of carbonyl (C=O) groups excluding carboxylic acids is 2. The molecule has 0 N–H and O–H groups in total. The predicted octanol–water partition coefficient (Wildman–Crippen LogP) is 3.14. The third kappa shape index (κ3) is 2.75. The summed E-state index contributed by atoms with van der Waals surface area (Å²) < 4.78 is 4.95. The minimum Gasteiger partial charge on any atom is -0.469 e. The normalized spacial score (nSPS) is 34.0. The van der Waals surface area contributed by atoms with Crippen LogP contribution in [-0.2, 0) is 14.3 Å². The fourth-order valence-electron chi connectivity index (χ4n) is 3.85. The van der Waals surface area contributed by atoms with Crippen LogP contribution in [0.3, 0.4) is 0 Å². The van der Waals surface area contributed by atoms with Gasteiger partial charge in [0.1, 0.15) is 0 Å². The molecule has 2 rings (SSSR count). The number of hydrogen-bond donors (Lipinski definition) is 0. The highest BCUT2D eigenvalue weighted by Gasteiger charge is 2.48. The van der Waals surface area contributed by atoms with Crippen LogP contribution in [0.25, 0.3) is 0 Å². The van der Waals surface area contributed by atoms with Gasteiger partial charge < -0.3 is 4.74 Å². The lowest BCUT2D eigenvalue weighted by molar-refractivity contribution is -0.148. The van der Waals surface area contributed by atoms with E-state index in [4.69, 9.17) is 4.74 Å². The van der Waals surface area contributed by atoms with E-state index in [0.29, 0.717) is 0 Å². The van der Waals surface area contributed by atoms with Crippen molar-refractivity contribution in [3.05, 3.63) is 11.6 Å². The Balaban J connectivity index is 2.35. The maximum Gasteiger partial charge on any atom is 0.308 e. The average molecular weight is 264 g/mol. The monoisotopic (exact) mass is 264 g/mol. The van der Waals surface area contributed by atoms with Crippen molar-refractivity contribution in [2.75, 3.05) is 7.11 Å². The number of esters is 1. The van der Waals surface area contributed by atoms with Gasteiger partial charge in [0.2, 0.25) is 0 Å². The molecule has 0 spiro atoms. The van der Waals surface area contributed by atoms with Crippen LogP contribution in [0.1, 0.15) is 46.5 Å². The van der Waals surface area contributed by atoms with Crippen molar-refractivity contribution in [2.45, 2.75) is 46.5 Å². The lowest BCUT2D eigenvalue weighted by Crippen LogP contribution is -2.32. The van der Waals surface area contributed by atoms with E-state index in [0.717, 1.165) is 31.3 Å². The number of methoxy groups -OCH3 is 1. The molecule has 3 atom stereocenters. The molecule has 0 aromatic carbocycles. The minimum atomic E-state index is -0.145. The molecule has 19 heavy (non-hydrogen) atoms. The summed E-state index contributed by atoms with van der Waals surface area (Å²) >= 11 is 0. The van der Waals surface area contributed by atoms with Gasteiger partial charge in [-0.25, -0.2) is 0 Å². The number of fused-ring (bicyclic) bond motifs is 1. The van der Waals surface area contributed by atoms with Crippen LogP contribution in [0.5, 0.6) is 0 Å². The summed E-state index contributed by atoms with van der Waals surface area (Å²) in [4.78, 5) is 24.5. The van der Waals surface area contributed by atoms with E-state index >= 15 is 0 Å². The summed E-state index contributed by atoms with van der Waals surface area (Å²) in [5.41, 5.74) is 1.01. The largest absolute Gasteiger partial charge is 0.469 e. The highest BCUT2D eigenvalue weighted by molar-refractivity contribution is 5.97. The van der Waals surface area contributed by atoms with Crippen molar-refractivity contribution in [3.8, 4) is 0 Å². The number of Topliss-reactive ketones (excluding diaryl/α,β-unsaturated/α-hetero) is 1. The molecule has 0 amide bonds. The maximum atomic E-state index is 12.5. The fourth-order valence-corrected chi connectivity index (χ4v) is 3.85. The molecule has 2 aliphatic rings. The molecular formula is C16H24O3. The topological polar surface area (TPSA) is 43.4 Å². The summed E-state index contributed by atoms with van der Waals surface area (Å²) in [6, 6.07) is 0. The second-order valence-corrected chi connectivity index (χ2v) is 6.80. The highest BCUT2D eigenvalue weighted by Crippen LogP contribution is 2.50. The number of ether oxygens (including phenoxy) is 1. The lowest BCUT2D eigenvalue weighted by Gasteiger charge is -2.28. The van der Waals surface area contributed by atoms with Gasteiger partial charge in [-0.15, -0.1) is 0 Å². The highest BCUT2D eigenvalue weighted by atomic mass is 16.5. The van der Waals surface area contributed by atoms with E-state index in [-0.39, 0.29) is 34.9 Å². The number of rotatable bonds is 1. The summed E-state index contributed by atoms with van der Waals surface area (Å²) in [6.07, 6.45) is 5.40. The Morgan fingerprint density at radius 1 is 1.37 bits per heavy atom. The standard InChI is InChI=1S/C16H24O3/c1-10-6-5-7-11(15(18)19-4)12-8-16(2,3)9-13(12)14(10)17/h6,11-13H,5,7-9H2,1-4H3. The van der Waals surface area contributed by atoms with Crippen molar-refractivity contribution in [2.24, 2.45) is 23.2 Å². The fraction of sp³-hybridized carbons (Fsp3) is 0.750. The molecule has 2 aliphatic carbocycles. The first-order chi connectivity index (χ1) is 8.85. The van der Waals surface area contributed by atoms with Gasteiger partial charge in [-0.2, -0.15) is 0 Å². The van der Waals surface area contributed by atoms with Gasteiger partial charge in [-0.1, -0.05) is 19.9 Å². The number of ketones is 1. The van der Waals surface area contributed by atoms with E-state index < -0.39 is 0 Å². The molecule has 1 saturated carbocycles. The summed E-state index contributed by atoms with van der Waals surface area (Å²) in [5, 5.41) is 0. The van der Waals surface area contributed by atoms with Gasteiger partial charge in [0.05, 0.1) is 13.0 Å². The molecule has 0 aromatic heterocycles. The van der Waals surface area contributed by atoms with Gasteiger partial charge in [-0.3, -0.25) is 9.59 Å². The summed E-state index contributed by atoms with van der Waals surface area (Å²) in [6.45, 7) is 6.29. The van der Waals surface area contributed by atoms with Crippen molar-refractivity contribution >= 4 is 11.8 Å². The van der Waals surface area contributed by atoms with E-state index in [9.17, 15) is 9.59 Å². The third-order valence-electron chi connectivity index (χ3n) is 4.75. The zero-order valence-corrected chi connectivity index (χ0v) is 12.4. The third-order valence-corrected chi connectivity index (χ3v) is 4.75. The number of hydrogen-bond acceptors (Lipinski definition) is 3. The van der Waals surface area contributed by atoms with E-state index in [1.54, 1.807) is 0 Å². The molecule has 0 aliphatic heterocycles. The average Bonchev–Trinajstić information content (AvgIpc) is 2.67. The molecule has 0 bridgehead atoms. The van der Waals surface area contributed by atoms with Gasteiger partial charge in [0, 0.05) is 5.92 Å². The molecule has 0 radical (unpaired) electrons. The Labute approximate surface area is 115 Å². The molecule has 0 aromatic rings. The van der Waals surface area contributed by atoms with Crippen LogP contribution in [0.4, 0.5) is 0 Å². The minimum absolute atomic E-state index is 0.00403. The maximum absolute atomic E-state index is 12.5. The first-order valence-corrected chi connectivity index (χ1v) is 7.14. The van der Waals surface area contributed by atoms with E-state index in [2.05, 4.69) is 13.8 Å². The Hall–Kier alpha value is -1.12. The van der Waals surface area contributed by atoms with E-state index in [1.165, 1.54) is 7.11 Å². The van der Waals surface area contributed by atoms with Crippen molar-refractivity contribution in [1.82, 2.24) is 0 Å². The molecule has 3 unspecified atom stereocenters. The molecule has 3 heteroatoms. The van der Waals surface area contributed by atoms with Crippen LogP contribution >= 0.6 is 0 Å². The van der Waals surface area contributed by atoms with Gasteiger partial charge in [0.15, 0.2) is 5.78 Å². The predicted molar refractivity (Wildman–Crippen MR) is 73.5 cm³/mol. The number of carbonyl (C=O) groups is 2. The van der Waals surface area contributed by atoms with E-state index in [1.807, 2.05) is 13.0 Å². The second kappa shape index (κ2) is 5.10. The smallest absolute Gasteiger partial charge is 0.308 e. The Kier molecular flexibility index (Phi) is 3.84. The van der Waals surface area contributed by atoms with Crippen LogP contribution < -0.4 is 0 Å². The number of allylic oxidation sites excluding steroid dienone is 2. The zero-order chi connectivity index (χ0) is 14.2. The summed E-state index contributed by atoms with van der Waals surface area (Å²) in [7, 11) is 1.44. The van der Waals surface area contributed by atoms with Gasteiger partial charge >= 0.3 is 5.97 Å². The summed E-state index contributed by atoms with van der Waals surface area (Å²) in [5.74, 6) is 0.122. The first kappa shape index (κ1) is 14.3. The Morgan fingerprint density at radius 3 is 2.68 bits per heavy atom. The molecule has 0 saturated heterocycles.